The van der Waals surface area contributed by atoms with Gasteiger partial charge in [0.2, 0.25) is 5.91 Å². The summed E-state index contributed by atoms with van der Waals surface area (Å²) in [7, 11) is 1.78. The first-order valence-corrected chi connectivity index (χ1v) is 9.80. The van der Waals surface area contributed by atoms with Crippen LogP contribution in [0.1, 0.15) is 11.4 Å². The number of pyridine rings is 1. The normalized spacial score (nSPS) is 14.0. The van der Waals surface area contributed by atoms with Crippen LogP contribution in [-0.2, 0) is 17.8 Å². The van der Waals surface area contributed by atoms with Crippen molar-refractivity contribution in [2.75, 3.05) is 18.9 Å². The summed E-state index contributed by atoms with van der Waals surface area (Å²) < 4.78 is 16.5. The number of aromatic nitrogens is 5. The minimum atomic E-state index is -0.716. The molecule has 4 heterocycles. The van der Waals surface area contributed by atoms with Gasteiger partial charge in [-0.25, -0.2) is 9.37 Å². The van der Waals surface area contributed by atoms with Gasteiger partial charge < -0.3 is 15.3 Å². The van der Waals surface area contributed by atoms with Gasteiger partial charge in [0.15, 0.2) is 17.4 Å². The molecular formula is C21H20FN7O2. The monoisotopic (exact) mass is 421 g/mol. The molecule has 1 aliphatic heterocycles. The maximum atomic E-state index is 14.8. The number of anilines is 2. The van der Waals surface area contributed by atoms with Crippen LogP contribution in [-0.4, -0.2) is 54.5 Å². The van der Waals surface area contributed by atoms with Crippen LogP contribution in [0.4, 0.5) is 16.0 Å². The van der Waals surface area contributed by atoms with Crippen LogP contribution in [0, 0.1) is 12.7 Å². The predicted octanol–water partition coefficient (Wildman–Crippen LogP) is 2.73. The molecule has 0 saturated carbocycles. The van der Waals surface area contributed by atoms with Crippen LogP contribution in [0.15, 0.2) is 30.6 Å². The number of amides is 1. The van der Waals surface area contributed by atoms with Crippen LogP contribution in [0.5, 0.6) is 5.75 Å². The zero-order chi connectivity index (χ0) is 21.7. The smallest absolute Gasteiger partial charge is 0.244 e. The Morgan fingerprint density at radius 3 is 2.81 bits per heavy atom. The lowest BCUT2D eigenvalue weighted by Crippen LogP contribution is -2.29. The van der Waals surface area contributed by atoms with Crippen molar-refractivity contribution >= 4 is 28.3 Å². The molecule has 0 unspecified atom stereocenters. The molecule has 3 N–H and O–H groups in total. The molecule has 158 valence electrons. The number of H-pyrrole nitrogens is 1. The van der Waals surface area contributed by atoms with E-state index in [0.717, 1.165) is 5.69 Å². The molecule has 31 heavy (non-hydrogen) atoms. The Labute approximate surface area is 176 Å². The number of rotatable bonds is 3. The van der Waals surface area contributed by atoms with Crippen LogP contribution in [0.25, 0.3) is 21.9 Å². The molecular weight excluding hydrogens is 401 g/mol. The first-order chi connectivity index (χ1) is 14.9. The highest BCUT2D eigenvalue weighted by atomic mass is 19.1. The van der Waals surface area contributed by atoms with Crippen molar-refractivity contribution in [3.8, 4) is 16.9 Å². The topological polar surface area (TPSA) is 112 Å². The number of nitrogens with zero attached hydrogens (tertiary/aromatic N) is 5. The summed E-state index contributed by atoms with van der Waals surface area (Å²) in [6, 6.07) is 5.27. The van der Waals surface area contributed by atoms with Gasteiger partial charge in [-0.15, -0.1) is 0 Å². The number of carbonyl (C=O) groups is 1. The van der Waals surface area contributed by atoms with Crippen molar-refractivity contribution in [3.05, 3.63) is 47.8 Å². The van der Waals surface area contributed by atoms with Gasteiger partial charge in [-0.05, 0) is 24.4 Å². The molecule has 0 atom stereocenters. The Bertz CT molecular complexity index is 1330. The summed E-state index contributed by atoms with van der Waals surface area (Å²) in [4.78, 5) is 18.1. The van der Waals surface area contributed by atoms with Crippen LogP contribution < -0.4 is 5.32 Å². The molecule has 10 heteroatoms. The fourth-order valence-electron chi connectivity index (χ4n) is 3.78. The standard InChI is InChI=1S/C21H20FN7O2/c1-11-15(9-24-26-11)14-5-12-6-17(23-8-16(12)21(31)20(14)22)25-18-7-13-3-4-28(2)19(30)10-29(13)27-18/h5-9,31H,3-4,10H2,1-2H3,(H,24,26)(H,23,25,27). The number of halogens is 1. The van der Waals surface area contributed by atoms with Crippen LogP contribution in [0.2, 0.25) is 0 Å². The van der Waals surface area contributed by atoms with E-state index in [4.69, 9.17) is 0 Å². The second kappa shape index (κ2) is 7.08. The second-order valence-corrected chi connectivity index (χ2v) is 7.65. The Morgan fingerprint density at radius 1 is 1.19 bits per heavy atom. The number of benzene rings is 1. The Hall–Kier alpha value is -3.95. The SMILES string of the molecule is Cc1[nH]ncc1-c1cc2cc(Nc3cc4n(n3)CC(=O)N(C)CC4)ncc2c(O)c1F. The maximum absolute atomic E-state index is 14.8. The molecule has 0 aliphatic carbocycles. The van der Waals surface area contributed by atoms with Crippen molar-refractivity contribution in [1.82, 2.24) is 29.9 Å². The van der Waals surface area contributed by atoms with E-state index in [1.807, 2.05) is 6.07 Å². The highest BCUT2D eigenvalue weighted by Crippen LogP contribution is 2.37. The number of phenols is 1. The summed E-state index contributed by atoms with van der Waals surface area (Å²) in [5, 5.41) is 25.6. The number of likely N-dealkylation sites (N-methyl/N-ethyl adjacent to an activating group) is 1. The third kappa shape index (κ3) is 3.25. The highest BCUT2D eigenvalue weighted by Gasteiger charge is 2.20. The minimum Gasteiger partial charge on any atom is -0.504 e. The number of nitrogens with one attached hydrogen (secondary N) is 2. The number of fused-ring (bicyclic) bond motifs is 2. The summed E-state index contributed by atoms with van der Waals surface area (Å²) in [6.45, 7) is 2.62. The number of aryl methyl sites for hydroxylation is 1. The van der Waals surface area contributed by atoms with E-state index in [-0.39, 0.29) is 18.0 Å². The number of carbonyl (C=O) groups excluding carboxylic acids is 1. The van der Waals surface area contributed by atoms with E-state index in [2.05, 4.69) is 25.6 Å². The van der Waals surface area contributed by atoms with Crippen LogP contribution in [0.3, 0.4) is 0 Å². The Morgan fingerprint density at radius 2 is 2.03 bits per heavy atom. The average Bonchev–Trinajstić information content (AvgIpc) is 3.31. The van der Waals surface area contributed by atoms with Gasteiger partial charge >= 0.3 is 0 Å². The van der Waals surface area contributed by atoms with Gasteiger partial charge in [-0.3, -0.25) is 14.6 Å². The molecule has 9 nitrogen and oxygen atoms in total. The minimum absolute atomic E-state index is 0.0109. The van der Waals surface area contributed by atoms with Gasteiger partial charge in [0.1, 0.15) is 12.4 Å². The van der Waals surface area contributed by atoms with Gasteiger partial charge in [0.05, 0.1) is 6.20 Å². The van der Waals surface area contributed by atoms with Gasteiger partial charge in [0.25, 0.3) is 0 Å². The summed E-state index contributed by atoms with van der Waals surface area (Å²) in [5.74, 6) is -0.103. The number of aromatic amines is 1. The zero-order valence-corrected chi connectivity index (χ0v) is 17.0. The molecule has 0 saturated heterocycles. The molecule has 0 spiro atoms. The first kappa shape index (κ1) is 19.0. The lowest BCUT2D eigenvalue weighted by molar-refractivity contribution is -0.130. The number of hydrogen-bond acceptors (Lipinski definition) is 6. The Kier molecular flexibility index (Phi) is 4.35. The largest absolute Gasteiger partial charge is 0.504 e. The molecule has 0 radical (unpaired) electrons. The van der Waals surface area contributed by atoms with E-state index in [1.54, 1.807) is 35.7 Å². The second-order valence-electron chi connectivity index (χ2n) is 7.65. The van der Waals surface area contributed by atoms with Crippen molar-refractivity contribution < 1.29 is 14.3 Å². The van der Waals surface area contributed by atoms with Crippen molar-refractivity contribution in [1.29, 1.82) is 0 Å². The third-order valence-corrected chi connectivity index (χ3v) is 5.59. The molecule has 5 rings (SSSR count). The number of aromatic hydroxyl groups is 1. The Balaban J connectivity index is 1.50. The van der Waals surface area contributed by atoms with Crippen molar-refractivity contribution in [2.45, 2.75) is 19.9 Å². The van der Waals surface area contributed by atoms with Gasteiger partial charge in [0, 0.05) is 60.2 Å². The molecule has 3 aromatic heterocycles. The third-order valence-electron chi connectivity index (χ3n) is 5.59. The molecule has 0 bridgehead atoms. The fraction of sp³-hybridized carbons (Fsp3) is 0.238. The summed E-state index contributed by atoms with van der Waals surface area (Å²) in [6.07, 6.45) is 3.65. The van der Waals surface area contributed by atoms with E-state index in [0.29, 0.717) is 46.6 Å². The van der Waals surface area contributed by atoms with E-state index in [1.165, 1.54) is 12.4 Å². The summed E-state index contributed by atoms with van der Waals surface area (Å²) in [5.41, 5.74) is 2.49. The average molecular weight is 421 g/mol. The number of hydrogen-bond donors (Lipinski definition) is 3. The molecule has 1 aliphatic rings. The first-order valence-electron chi connectivity index (χ1n) is 9.80. The van der Waals surface area contributed by atoms with Gasteiger partial charge in [-0.1, -0.05) is 0 Å². The lowest BCUT2D eigenvalue weighted by atomic mass is 10.0. The van der Waals surface area contributed by atoms with Gasteiger partial charge in [-0.2, -0.15) is 10.2 Å². The quantitative estimate of drug-likeness (QED) is 0.469. The van der Waals surface area contributed by atoms with E-state index >= 15 is 0 Å². The zero-order valence-electron chi connectivity index (χ0n) is 17.0. The molecule has 1 aromatic carbocycles. The highest BCUT2D eigenvalue weighted by molar-refractivity contribution is 5.94. The molecule has 0 fully saturated rings. The van der Waals surface area contributed by atoms with E-state index < -0.39 is 11.6 Å². The summed E-state index contributed by atoms with van der Waals surface area (Å²) >= 11 is 0. The van der Waals surface area contributed by atoms with E-state index in [9.17, 15) is 14.3 Å². The van der Waals surface area contributed by atoms with Crippen molar-refractivity contribution in [2.24, 2.45) is 0 Å². The number of phenolic OH excluding ortho intramolecular Hbond substituents is 1. The fourth-order valence-corrected chi connectivity index (χ4v) is 3.78. The van der Waals surface area contributed by atoms with Crippen molar-refractivity contribution in [3.63, 3.8) is 0 Å². The predicted molar refractivity (Wildman–Crippen MR) is 113 cm³/mol. The lowest BCUT2D eigenvalue weighted by Gasteiger charge is -2.12. The maximum Gasteiger partial charge on any atom is 0.244 e. The van der Waals surface area contributed by atoms with Crippen LogP contribution >= 0.6 is 0 Å². The molecule has 1 amide bonds. The molecule has 4 aromatic rings.